The van der Waals surface area contributed by atoms with Crippen molar-refractivity contribution in [3.63, 3.8) is 0 Å². The lowest BCUT2D eigenvalue weighted by Gasteiger charge is -2.09. The summed E-state index contributed by atoms with van der Waals surface area (Å²) < 4.78 is 0. The number of aromatic nitrogens is 2. The number of H-pyrrole nitrogens is 1. The van der Waals surface area contributed by atoms with Gasteiger partial charge >= 0.3 is 0 Å². The fourth-order valence-corrected chi connectivity index (χ4v) is 2.18. The van der Waals surface area contributed by atoms with Crippen LogP contribution in [0, 0.1) is 0 Å². The van der Waals surface area contributed by atoms with E-state index in [1.165, 1.54) is 17.5 Å². The summed E-state index contributed by atoms with van der Waals surface area (Å²) in [5.41, 5.74) is 3.68. The third-order valence-electron chi connectivity index (χ3n) is 3.38. The van der Waals surface area contributed by atoms with Gasteiger partial charge in [-0.05, 0) is 29.2 Å². The molecule has 1 N–H and O–H groups in total. The van der Waals surface area contributed by atoms with E-state index >= 15 is 0 Å². The molecule has 2 rings (SSSR count). The van der Waals surface area contributed by atoms with Crippen LogP contribution in [0.15, 0.2) is 30.5 Å². The number of imidazole rings is 1. The van der Waals surface area contributed by atoms with Crippen molar-refractivity contribution in [3.8, 4) is 11.3 Å². The maximum Gasteiger partial charge on any atom is 0.107 e. The first-order chi connectivity index (χ1) is 8.74. The van der Waals surface area contributed by atoms with E-state index in [0.29, 0.717) is 5.92 Å². The Bertz CT molecular complexity index is 487. The Hall–Kier alpha value is -1.22. The highest BCUT2D eigenvalue weighted by molar-refractivity contribution is 7.80. The first-order valence-corrected chi connectivity index (χ1v) is 7.13. The molecule has 18 heavy (non-hydrogen) atoms. The van der Waals surface area contributed by atoms with E-state index in [2.05, 4.69) is 60.7 Å². The minimum absolute atomic E-state index is 0.626. The molecule has 0 amide bonds. The first-order valence-electron chi connectivity index (χ1n) is 6.49. The first kappa shape index (κ1) is 13.2. The minimum Gasteiger partial charge on any atom is -0.342 e. The predicted molar refractivity (Wildman–Crippen MR) is 80.3 cm³/mol. The third-order valence-corrected chi connectivity index (χ3v) is 3.60. The molecular formula is C15H20N2S. The molecule has 1 heterocycles. The third kappa shape index (κ3) is 2.96. The minimum atomic E-state index is 0.626. The number of benzene rings is 1. The summed E-state index contributed by atoms with van der Waals surface area (Å²) in [5.74, 6) is 2.45. The van der Waals surface area contributed by atoms with Crippen LogP contribution in [0.1, 0.15) is 37.6 Å². The van der Waals surface area contributed by atoms with Crippen LogP contribution in [-0.4, -0.2) is 15.7 Å². The molecule has 96 valence electrons. The summed E-state index contributed by atoms with van der Waals surface area (Å²) in [7, 11) is 0. The van der Waals surface area contributed by atoms with Gasteiger partial charge in [0.25, 0.3) is 0 Å². The molecular weight excluding hydrogens is 240 g/mol. The second-order valence-corrected chi connectivity index (χ2v) is 5.10. The largest absolute Gasteiger partial charge is 0.342 e. The predicted octanol–water partition coefficient (Wildman–Crippen LogP) is 4.06. The van der Waals surface area contributed by atoms with E-state index in [-0.39, 0.29) is 0 Å². The van der Waals surface area contributed by atoms with Crippen molar-refractivity contribution in [2.75, 3.05) is 5.75 Å². The van der Waals surface area contributed by atoms with E-state index < -0.39 is 0 Å². The summed E-state index contributed by atoms with van der Waals surface area (Å²) in [4.78, 5) is 7.68. The Morgan fingerprint density at radius 3 is 2.61 bits per heavy atom. The Kier molecular flexibility index (Phi) is 4.48. The summed E-state index contributed by atoms with van der Waals surface area (Å²) >= 11 is 4.22. The van der Waals surface area contributed by atoms with E-state index in [9.17, 15) is 0 Å². The van der Waals surface area contributed by atoms with Crippen molar-refractivity contribution in [3.05, 3.63) is 41.9 Å². The number of hydrogen-bond donors (Lipinski definition) is 2. The fourth-order valence-electron chi connectivity index (χ4n) is 1.97. The normalized spacial score (nSPS) is 12.6. The van der Waals surface area contributed by atoms with Gasteiger partial charge < -0.3 is 4.98 Å². The van der Waals surface area contributed by atoms with Gasteiger partial charge in [-0.15, -0.1) is 0 Å². The Morgan fingerprint density at radius 1 is 1.28 bits per heavy atom. The molecule has 2 nitrogen and oxygen atoms in total. The van der Waals surface area contributed by atoms with Crippen LogP contribution in [0.2, 0.25) is 0 Å². The van der Waals surface area contributed by atoms with Gasteiger partial charge in [0.2, 0.25) is 0 Å². The highest BCUT2D eigenvalue weighted by Crippen LogP contribution is 2.23. The summed E-state index contributed by atoms with van der Waals surface area (Å²) in [6.07, 6.45) is 3.96. The van der Waals surface area contributed by atoms with Crippen LogP contribution in [0.4, 0.5) is 0 Å². The lowest BCUT2D eigenvalue weighted by molar-refractivity contribution is 0.734. The molecule has 0 aliphatic rings. The summed E-state index contributed by atoms with van der Waals surface area (Å²) in [5, 5.41) is 0. The smallest absolute Gasteiger partial charge is 0.107 e. The Balaban J connectivity index is 2.17. The number of aryl methyl sites for hydroxylation is 1. The van der Waals surface area contributed by atoms with E-state index in [0.717, 1.165) is 23.7 Å². The van der Waals surface area contributed by atoms with Gasteiger partial charge in [-0.25, -0.2) is 4.98 Å². The molecule has 2 aromatic rings. The molecule has 1 aromatic carbocycles. The molecule has 0 radical (unpaired) electrons. The average molecular weight is 260 g/mol. The van der Waals surface area contributed by atoms with Crippen molar-refractivity contribution in [2.24, 2.45) is 0 Å². The average Bonchev–Trinajstić information content (AvgIpc) is 2.87. The van der Waals surface area contributed by atoms with Gasteiger partial charge in [0.1, 0.15) is 5.82 Å². The SMILES string of the molecule is CCC(C)c1ccc(-c2cnc(CCS)[nH]2)cc1. The van der Waals surface area contributed by atoms with Gasteiger partial charge in [-0.2, -0.15) is 12.6 Å². The Labute approximate surface area is 114 Å². The number of nitrogens with one attached hydrogen (secondary N) is 1. The van der Waals surface area contributed by atoms with E-state index in [1.807, 2.05) is 6.20 Å². The molecule has 0 saturated heterocycles. The molecule has 1 atom stereocenters. The van der Waals surface area contributed by atoms with Crippen LogP contribution < -0.4 is 0 Å². The zero-order chi connectivity index (χ0) is 13.0. The fraction of sp³-hybridized carbons (Fsp3) is 0.400. The highest BCUT2D eigenvalue weighted by Gasteiger charge is 2.05. The maximum absolute atomic E-state index is 4.35. The van der Waals surface area contributed by atoms with Crippen LogP contribution in [-0.2, 0) is 6.42 Å². The molecule has 0 bridgehead atoms. The molecule has 0 saturated carbocycles. The van der Waals surface area contributed by atoms with Crippen molar-refractivity contribution in [1.82, 2.24) is 9.97 Å². The van der Waals surface area contributed by atoms with Gasteiger partial charge in [0.05, 0.1) is 11.9 Å². The summed E-state index contributed by atoms with van der Waals surface area (Å²) in [6, 6.07) is 8.75. The molecule has 0 fully saturated rings. The lowest BCUT2D eigenvalue weighted by atomic mass is 9.97. The van der Waals surface area contributed by atoms with Crippen molar-refractivity contribution < 1.29 is 0 Å². The van der Waals surface area contributed by atoms with Crippen LogP contribution in [0.3, 0.4) is 0 Å². The second kappa shape index (κ2) is 6.10. The van der Waals surface area contributed by atoms with E-state index in [4.69, 9.17) is 0 Å². The summed E-state index contributed by atoms with van der Waals surface area (Å²) in [6.45, 7) is 4.48. The molecule has 0 aliphatic carbocycles. The number of aromatic amines is 1. The second-order valence-electron chi connectivity index (χ2n) is 4.65. The highest BCUT2D eigenvalue weighted by atomic mass is 32.1. The van der Waals surface area contributed by atoms with Gasteiger partial charge in [0.15, 0.2) is 0 Å². The number of hydrogen-bond acceptors (Lipinski definition) is 2. The van der Waals surface area contributed by atoms with Crippen LogP contribution in [0.5, 0.6) is 0 Å². The molecule has 0 aliphatic heterocycles. The zero-order valence-corrected chi connectivity index (χ0v) is 11.9. The standard InChI is InChI=1S/C15H20N2S/c1-3-11(2)12-4-6-13(7-5-12)14-10-16-15(17-14)8-9-18/h4-7,10-11,18H,3,8-9H2,1-2H3,(H,16,17). The quantitative estimate of drug-likeness (QED) is 0.780. The lowest BCUT2D eigenvalue weighted by Crippen LogP contribution is -1.91. The van der Waals surface area contributed by atoms with Crippen molar-refractivity contribution in [2.45, 2.75) is 32.6 Å². The van der Waals surface area contributed by atoms with E-state index in [1.54, 1.807) is 0 Å². The maximum atomic E-state index is 4.35. The van der Waals surface area contributed by atoms with Gasteiger partial charge in [-0.3, -0.25) is 0 Å². The Morgan fingerprint density at radius 2 is 2.00 bits per heavy atom. The number of nitrogens with zero attached hydrogens (tertiary/aromatic N) is 1. The monoisotopic (exact) mass is 260 g/mol. The molecule has 1 unspecified atom stereocenters. The van der Waals surface area contributed by atoms with Crippen molar-refractivity contribution in [1.29, 1.82) is 0 Å². The van der Waals surface area contributed by atoms with Crippen LogP contribution >= 0.6 is 12.6 Å². The van der Waals surface area contributed by atoms with Gasteiger partial charge in [0, 0.05) is 6.42 Å². The number of rotatable bonds is 5. The van der Waals surface area contributed by atoms with Crippen molar-refractivity contribution >= 4 is 12.6 Å². The van der Waals surface area contributed by atoms with Gasteiger partial charge in [-0.1, -0.05) is 38.1 Å². The zero-order valence-electron chi connectivity index (χ0n) is 11.0. The molecule has 1 aromatic heterocycles. The molecule has 0 spiro atoms. The topological polar surface area (TPSA) is 28.7 Å². The number of thiol groups is 1. The molecule has 3 heteroatoms. The van der Waals surface area contributed by atoms with Crippen LogP contribution in [0.25, 0.3) is 11.3 Å².